The Labute approximate surface area is 104 Å². The minimum absolute atomic E-state index is 0.113. The van der Waals surface area contributed by atoms with E-state index in [-0.39, 0.29) is 11.1 Å². The zero-order valence-electron chi connectivity index (χ0n) is 9.96. The highest BCUT2D eigenvalue weighted by atomic mass is 16.4. The fourth-order valence-corrected chi connectivity index (χ4v) is 1.79. The largest absolute Gasteiger partial charge is 0.478 e. The molecular formula is C14H13NO3. The molecule has 0 radical (unpaired) electrons. The van der Waals surface area contributed by atoms with E-state index in [1.165, 1.54) is 22.9 Å². The molecule has 2 aromatic rings. The van der Waals surface area contributed by atoms with E-state index in [1.807, 2.05) is 31.2 Å². The number of carboxylic acid groups (broad SMARTS) is 1. The van der Waals surface area contributed by atoms with Crippen molar-refractivity contribution in [3.8, 4) is 0 Å². The van der Waals surface area contributed by atoms with Gasteiger partial charge in [0.25, 0.3) is 5.56 Å². The summed E-state index contributed by atoms with van der Waals surface area (Å²) in [7, 11) is 0. The van der Waals surface area contributed by atoms with Crippen LogP contribution < -0.4 is 5.56 Å². The zero-order chi connectivity index (χ0) is 13.1. The Morgan fingerprint density at radius 2 is 2.06 bits per heavy atom. The molecule has 18 heavy (non-hydrogen) atoms. The molecule has 2 rings (SSSR count). The molecule has 4 heteroatoms. The van der Waals surface area contributed by atoms with Crippen LogP contribution >= 0.6 is 0 Å². The molecule has 1 N–H and O–H groups in total. The van der Waals surface area contributed by atoms with E-state index in [0.717, 1.165) is 11.1 Å². The molecule has 0 fully saturated rings. The maximum absolute atomic E-state index is 11.7. The Bertz CT molecular complexity index is 643. The molecule has 1 aromatic heterocycles. The maximum Gasteiger partial charge on any atom is 0.337 e. The van der Waals surface area contributed by atoms with Gasteiger partial charge in [-0.2, -0.15) is 0 Å². The molecule has 0 spiro atoms. The van der Waals surface area contributed by atoms with E-state index in [0.29, 0.717) is 6.54 Å². The normalized spacial score (nSPS) is 10.3. The van der Waals surface area contributed by atoms with Gasteiger partial charge in [0.05, 0.1) is 12.1 Å². The number of carboxylic acids is 1. The third kappa shape index (κ3) is 2.66. The molecule has 0 amide bonds. The Kier molecular flexibility index (Phi) is 3.28. The number of carbonyl (C=O) groups is 1. The number of rotatable bonds is 3. The summed E-state index contributed by atoms with van der Waals surface area (Å²) in [5, 5.41) is 8.89. The summed E-state index contributed by atoms with van der Waals surface area (Å²) in [6, 6.07) is 10.4. The summed E-state index contributed by atoms with van der Waals surface area (Å²) >= 11 is 0. The average Bonchev–Trinajstić information content (AvgIpc) is 2.31. The van der Waals surface area contributed by atoms with Crippen LogP contribution in [0.25, 0.3) is 0 Å². The van der Waals surface area contributed by atoms with Crippen molar-refractivity contribution in [2.75, 3.05) is 0 Å². The second kappa shape index (κ2) is 4.87. The van der Waals surface area contributed by atoms with Crippen molar-refractivity contribution in [1.29, 1.82) is 0 Å². The summed E-state index contributed by atoms with van der Waals surface area (Å²) in [5.41, 5.74) is 1.98. The molecule has 0 aliphatic carbocycles. The smallest absolute Gasteiger partial charge is 0.337 e. The van der Waals surface area contributed by atoms with Gasteiger partial charge in [0.1, 0.15) is 0 Å². The van der Waals surface area contributed by atoms with E-state index in [4.69, 9.17) is 5.11 Å². The average molecular weight is 243 g/mol. The summed E-state index contributed by atoms with van der Waals surface area (Å²) in [4.78, 5) is 22.5. The minimum Gasteiger partial charge on any atom is -0.478 e. The number of benzene rings is 1. The van der Waals surface area contributed by atoms with Gasteiger partial charge in [-0.3, -0.25) is 4.79 Å². The van der Waals surface area contributed by atoms with Gasteiger partial charge in [-0.25, -0.2) is 4.79 Å². The third-order valence-electron chi connectivity index (χ3n) is 2.67. The third-order valence-corrected chi connectivity index (χ3v) is 2.67. The second-order valence-corrected chi connectivity index (χ2v) is 4.18. The van der Waals surface area contributed by atoms with Gasteiger partial charge in [-0.15, -0.1) is 0 Å². The zero-order valence-corrected chi connectivity index (χ0v) is 9.96. The van der Waals surface area contributed by atoms with Gasteiger partial charge >= 0.3 is 5.97 Å². The summed E-state index contributed by atoms with van der Waals surface area (Å²) in [6.07, 6.45) is 1.37. The SMILES string of the molecule is Cc1cccc(Cn2cc(C(=O)O)ccc2=O)c1. The van der Waals surface area contributed by atoms with Crippen molar-refractivity contribution >= 4 is 5.97 Å². The second-order valence-electron chi connectivity index (χ2n) is 4.18. The first-order valence-corrected chi connectivity index (χ1v) is 5.55. The quantitative estimate of drug-likeness (QED) is 0.895. The molecule has 0 aliphatic rings. The Morgan fingerprint density at radius 1 is 1.28 bits per heavy atom. The molecule has 0 saturated heterocycles. The van der Waals surface area contributed by atoms with Crippen LogP contribution in [0.5, 0.6) is 0 Å². The van der Waals surface area contributed by atoms with Crippen molar-refractivity contribution < 1.29 is 9.90 Å². The van der Waals surface area contributed by atoms with Gasteiger partial charge in [0.2, 0.25) is 0 Å². The highest BCUT2D eigenvalue weighted by molar-refractivity contribution is 5.87. The van der Waals surface area contributed by atoms with Gasteiger partial charge in [0.15, 0.2) is 0 Å². The number of hydrogen-bond acceptors (Lipinski definition) is 2. The van der Waals surface area contributed by atoms with Crippen LogP contribution in [-0.4, -0.2) is 15.6 Å². The molecule has 1 heterocycles. The van der Waals surface area contributed by atoms with Crippen molar-refractivity contribution in [3.05, 3.63) is 69.6 Å². The van der Waals surface area contributed by atoms with Crippen molar-refractivity contribution in [2.45, 2.75) is 13.5 Å². The van der Waals surface area contributed by atoms with Crippen molar-refractivity contribution in [3.63, 3.8) is 0 Å². The number of aromatic carboxylic acids is 1. The van der Waals surface area contributed by atoms with E-state index in [2.05, 4.69) is 0 Å². The van der Waals surface area contributed by atoms with Crippen molar-refractivity contribution in [1.82, 2.24) is 4.57 Å². The van der Waals surface area contributed by atoms with Crippen LogP contribution in [0.3, 0.4) is 0 Å². The summed E-state index contributed by atoms with van der Waals surface area (Å²) in [6.45, 7) is 2.35. The molecular weight excluding hydrogens is 230 g/mol. The number of nitrogens with zero attached hydrogens (tertiary/aromatic N) is 1. The lowest BCUT2D eigenvalue weighted by Crippen LogP contribution is -2.20. The van der Waals surface area contributed by atoms with E-state index < -0.39 is 5.97 Å². The molecule has 0 saturated carbocycles. The maximum atomic E-state index is 11.7. The lowest BCUT2D eigenvalue weighted by molar-refractivity contribution is 0.0696. The van der Waals surface area contributed by atoms with E-state index >= 15 is 0 Å². The van der Waals surface area contributed by atoms with Gasteiger partial charge in [-0.1, -0.05) is 29.8 Å². The lowest BCUT2D eigenvalue weighted by atomic mass is 10.1. The predicted octanol–water partition coefficient (Wildman–Crippen LogP) is 1.90. The Morgan fingerprint density at radius 3 is 2.72 bits per heavy atom. The van der Waals surface area contributed by atoms with Crippen LogP contribution in [-0.2, 0) is 6.54 Å². The first kappa shape index (κ1) is 12.1. The highest BCUT2D eigenvalue weighted by Crippen LogP contribution is 2.06. The molecule has 0 atom stereocenters. The number of pyridine rings is 1. The highest BCUT2D eigenvalue weighted by Gasteiger charge is 2.05. The summed E-state index contributed by atoms with van der Waals surface area (Å²) in [5.74, 6) is -1.03. The molecule has 4 nitrogen and oxygen atoms in total. The van der Waals surface area contributed by atoms with Crippen LogP contribution in [0.15, 0.2) is 47.4 Å². The predicted molar refractivity (Wildman–Crippen MR) is 67.9 cm³/mol. The van der Waals surface area contributed by atoms with Crippen molar-refractivity contribution in [2.24, 2.45) is 0 Å². The fourth-order valence-electron chi connectivity index (χ4n) is 1.79. The summed E-state index contributed by atoms with van der Waals surface area (Å²) < 4.78 is 1.40. The number of aryl methyl sites for hydroxylation is 1. The fraction of sp³-hybridized carbons (Fsp3) is 0.143. The monoisotopic (exact) mass is 243 g/mol. The van der Waals surface area contributed by atoms with E-state index in [1.54, 1.807) is 0 Å². The standard InChI is InChI=1S/C14H13NO3/c1-10-3-2-4-11(7-10)8-15-9-12(14(17)18)5-6-13(15)16/h2-7,9H,8H2,1H3,(H,17,18). The van der Waals surface area contributed by atoms with Crippen LogP contribution in [0, 0.1) is 6.92 Å². The van der Waals surface area contributed by atoms with Crippen LogP contribution in [0.1, 0.15) is 21.5 Å². The topological polar surface area (TPSA) is 59.3 Å². The Balaban J connectivity index is 2.37. The van der Waals surface area contributed by atoms with Gasteiger partial charge in [-0.05, 0) is 18.6 Å². The van der Waals surface area contributed by atoms with Crippen LogP contribution in [0.4, 0.5) is 0 Å². The Hall–Kier alpha value is -2.36. The number of aromatic nitrogens is 1. The molecule has 1 aromatic carbocycles. The first-order chi connectivity index (χ1) is 8.56. The minimum atomic E-state index is -1.03. The van der Waals surface area contributed by atoms with Gasteiger partial charge in [0, 0.05) is 12.3 Å². The molecule has 0 unspecified atom stereocenters. The number of hydrogen-bond donors (Lipinski definition) is 1. The lowest BCUT2D eigenvalue weighted by Gasteiger charge is -2.07. The molecule has 0 aliphatic heterocycles. The first-order valence-electron chi connectivity index (χ1n) is 5.55. The molecule has 92 valence electrons. The molecule has 0 bridgehead atoms. The van der Waals surface area contributed by atoms with E-state index in [9.17, 15) is 9.59 Å². The van der Waals surface area contributed by atoms with Crippen LogP contribution in [0.2, 0.25) is 0 Å². The van der Waals surface area contributed by atoms with Gasteiger partial charge < -0.3 is 9.67 Å².